The van der Waals surface area contributed by atoms with Crippen LogP contribution >= 0.6 is 0 Å². The number of rotatable bonds is 11. The van der Waals surface area contributed by atoms with Crippen molar-refractivity contribution in [3.8, 4) is 0 Å². The monoisotopic (exact) mass is 706 g/mol. The van der Waals surface area contributed by atoms with E-state index in [2.05, 4.69) is 25.1 Å². The fourth-order valence-corrected chi connectivity index (χ4v) is 6.74. The van der Waals surface area contributed by atoms with E-state index in [9.17, 15) is 19.5 Å². The highest BCUT2D eigenvalue weighted by Crippen LogP contribution is 2.38. The van der Waals surface area contributed by atoms with Crippen LogP contribution in [0.15, 0.2) is 97.3 Å². The molecule has 270 valence electrons. The number of imide groups is 1. The van der Waals surface area contributed by atoms with Gasteiger partial charge in [-0.2, -0.15) is 0 Å². The normalized spacial score (nSPS) is 22.4. The molecule has 3 amide bonds. The van der Waals surface area contributed by atoms with Gasteiger partial charge < -0.3 is 29.5 Å². The second-order valence-electron chi connectivity index (χ2n) is 13.2. The quantitative estimate of drug-likeness (QED) is 0.219. The maximum absolute atomic E-state index is 13.1. The molecule has 1 unspecified atom stereocenters. The number of aliphatic hydroxyl groups excluding tert-OH is 1. The summed E-state index contributed by atoms with van der Waals surface area (Å²) in [6, 6.07) is 25.4. The first-order valence-corrected chi connectivity index (χ1v) is 17.6. The minimum atomic E-state index is -0.978. The highest BCUT2D eigenvalue weighted by atomic mass is 16.7. The zero-order chi connectivity index (χ0) is 35.9. The number of amides is 3. The molecule has 13 nitrogen and oxygen atoms in total. The second-order valence-corrected chi connectivity index (χ2v) is 13.2. The second kappa shape index (κ2) is 16.4. The number of hydrogen-bond acceptors (Lipinski definition) is 11. The molecule has 0 spiro atoms. The topological polar surface area (TPSA) is 147 Å². The van der Waals surface area contributed by atoms with E-state index in [1.807, 2.05) is 84.9 Å². The Kier molecular flexibility index (Phi) is 11.1. The van der Waals surface area contributed by atoms with Gasteiger partial charge in [0.1, 0.15) is 12.6 Å². The van der Waals surface area contributed by atoms with E-state index in [4.69, 9.17) is 14.2 Å². The van der Waals surface area contributed by atoms with Gasteiger partial charge in [-0.25, -0.2) is 14.8 Å². The highest BCUT2D eigenvalue weighted by Gasteiger charge is 2.40. The van der Waals surface area contributed by atoms with Crippen LogP contribution < -0.4 is 10.2 Å². The van der Waals surface area contributed by atoms with E-state index in [1.165, 1.54) is 0 Å². The van der Waals surface area contributed by atoms with Gasteiger partial charge >= 0.3 is 6.09 Å². The Morgan fingerprint density at radius 1 is 0.827 bits per heavy atom. The first kappa shape index (κ1) is 35.2. The predicted octanol–water partition coefficient (Wildman–Crippen LogP) is 3.89. The number of hydrogen-bond donors (Lipinski definition) is 2. The molecular formula is C39H42N6O7. The molecule has 4 heterocycles. The van der Waals surface area contributed by atoms with Crippen molar-refractivity contribution in [3.63, 3.8) is 0 Å². The van der Waals surface area contributed by atoms with E-state index in [-0.39, 0.29) is 44.3 Å². The number of nitrogens with zero attached hydrogens (tertiary/aromatic N) is 5. The molecule has 2 N–H and O–H groups in total. The van der Waals surface area contributed by atoms with Gasteiger partial charge in [-0.15, -0.1) is 0 Å². The first-order chi connectivity index (χ1) is 25.4. The SMILES string of the molecule is O=C(NC1CC(=O)N(Cc2ccc([C@H]3O[C@@H](CN4CCN(c5ncccn5)CC4)C[C@@H](c4ccc(CO)cc4)O3)cc2)C1=O)OCc1ccccc1. The van der Waals surface area contributed by atoms with Gasteiger partial charge in [0.05, 0.1) is 31.8 Å². The van der Waals surface area contributed by atoms with E-state index < -0.39 is 24.3 Å². The maximum Gasteiger partial charge on any atom is 0.408 e. The van der Waals surface area contributed by atoms with Crippen LogP contribution in [0.25, 0.3) is 0 Å². The maximum atomic E-state index is 13.1. The van der Waals surface area contributed by atoms with Gasteiger partial charge in [-0.3, -0.25) is 19.4 Å². The number of likely N-dealkylation sites (tertiary alicyclic amines) is 1. The number of carbonyl (C=O) groups is 3. The van der Waals surface area contributed by atoms with Crippen molar-refractivity contribution >= 4 is 23.9 Å². The Balaban J connectivity index is 0.974. The number of nitrogens with one attached hydrogen (secondary N) is 1. The number of carbonyl (C=O) groups excluding carboxylic acids is 3. The van der Waals surface area contributed by atoms with Gasteiger partial charge in [0, 0.05) is 57.1 Å². The lowest BCUT2D eigenvalue weighted by Crippen LogP contribution is -2.50. The van der Waals surface area contributed by atoms with E-state index in [1.54, 1.807) is 12.4 Å². The molecule has 13 heteroatoms. The molecular weight excluding hydrogens is 664 g/mol. The van der Waals surface area contributed by atoms with Gasteiger partial charge in [-0.05, 0) is 28.3 Å². The molecule has 3 aromatic carbocycles. The lowest BCUT2D eigenvalue weighted by molar-refractivity contribution is -0.253. The third-order valence-corrected chi connectivity index (χ3v) is 9.63. The number of aliphatic hydroxyl groups is 1. The van der Waals surface area contributed by atoms with Crippen LogP contribution in [0.2, 0.25) is 0 Å². The molecule has 3 aliphatic heterocycles. The highest BCUT2D eigenvalue weighted by molar-refractivity contribution is 6.06. The Labute approximate surface area is 302 Å². The molecule has 3 saturated heterocycles. The minimum absolute atomic E-state index is 0.0282. The molecule has 4 atom stereocenters. The summed E-state index contributed by atoms with van der Waals surface area (Å²) in [5, 5.41) is 12.1. The Morgan fingerprint density at radius 2 is 1.52 bits per heavy atom. The average molecular weight is 707 g/mol. The Bertz CT molecular complexity index is 1800. The molecule has 7 rings (SSSR count). The summed E-state index contributed by atoms with van der Waals surface area (Å²) < 4.78 is 18.4. The fourth-order valence-electron chi connectivity index (χ4n) is 6.74. The van der Waals surface area contributed by atoms with Crippen LogP contribution in [0.1, 0.15) is 53.1 Å². The van der Waals surface area contributed by atoms with Crippen LogP contribution in [-0.4, -0.2) is 87.7 Å². The lowest BCUT2D eigenvalue weighted by Gasteiger charge is -2.40. The summed E-state index contributed by atoms with van der Waals surface area (Å²) in [5.41, 5.74) is 4.23. The van der Waals surface area contributed by atoms with E-state index in [0.29, 0.717) is 6.42 Å². The summed E-state index contributed by atoms with van der Waals surface area (Å²) >= 11 is 0. The van der Waals surface area contributed by atoms with Crippen molar-refractivity contribution in [2.75, 3.05) is 37.6 Å². The molecule has 52 heavy (non-hydrogen) atoms. The van der Waals surface area contributed by atoms with Crippen molar-refractivity contribution in [1.29, 1.82) is 0 Å². The van der Waals surface area contributed by atoms with Gasteiger partial charge in [0.15, 0.2) is 6.29 Å². The molecule has 0 saturated carbocycles. The van der Waals surface area contributed by atoms with Crippen molar-refractivity contribution in [2.45, 2.75) is 57.1 Å². The van der Waals surface area contributed by atoms with Crippen molar-refractivity contribution in [1.82, 2.24) is 25.1 Å². The molecule has 0 aliphatic carbocycles. The van der Waals surface area contributed by atoms with Gasteiger partial charge in [-0.1, -0.05) is 78.9 Å². The van der Waals surface area contributed by atoms with Crippen LogP contribution in [0.4, 0.5) is 10.7 Å². The van der Waals surface area contributed by atoms with Gasteiger partial charge in [0.25, 0.3) is 5.91 Å². The lowest BCUT2D eigenvalue weighted by atomic mass is 9.99. The number of alkyl carbamates (subject to hydrolysis) is 1. The smallest absolute Gasteiger partial charge is 0.408 e. The standard InChI is InChI=1S/C39H42N6O7/c46-25-28-9-11-30(12-10-28)34-21-32(24-43-17-19-44(20-18-43)38-40-15-4-16-41-38)51-37(52-34)31-13-7-27(8-14-31)23-45-35(47)22-33(36(45)48)42-39(49)50-26-29-5-2-1-3-6-29/h1-16,32-34,37,46H,17-26H2,(H,42,49)/t32-,33?,34+,37+/m1/s1. The number of benzene rings is 3. The van der Waals surface area contributed by atoms with Crippen LogP contribution in [-0.2, 0) is 43.6 Å². The summed E-state index contributed by atoms with van der Waals surface area (Å²) in [6.07, 6.45) is 2.35. The van der Waals surface area contributed by atoms with Crippen LogP contribution in [0.5, 0.6) is 0 Å². The first-order valence-electron chi connectivity index (χ1n) is 17.6. The molecule has 0 bridgehead atoms. The average Bonchev–Trinajstić information content (AvgIpc) is 3.45. The van der Waals surface area contributed by atoms with Crippen molar-refractivity contribution < 1.29 is 33.7 Å². The van der Waals surface area contributed by atoms with E-state index >= 15 is 0 Å². The molecule has 0 radical (unpaired) electrons. The number of piperazine rings is 1. The Morgan fingerprint density at radius 3 is 2.23 bits per heavy atom. The van der Waals surface area contributed by atoms with Crippen molar-refractivity contribution in [3.05, 3.63) is 125 Å². The molecule has 1 aromatic heterocycles. The summed E-state index contributed by atoms with van der Waals surface area (Å²) in [7, 11) is 0. The third-order valence-electron chi connectivity index (χ3n) is 9.63. The Hall–Kier alpha value is -5.21. The number of anilines is 1. The summed E-state index contributed by atoms with van der Waals surface area (Å²) in [4.78, 5) is 52.8. The minimum Gasteiger partial charge on any atom is -0.445 e. The zero-order valence-corrected chi connectivity index (χ0v) is 28.8. The molecule has 4 aromatic rings. The number of aromatic nitrogens is 2. The van der Waals surface area contributed by atoms with Gasteiger partial charge in [0.2, 0.25) is 11.9 Å². The summed E-state index contributed by atoms with van der Waals surface area (Å²) in [5.74, 6) is -0.0929. The third kappa shape index (κ3) is 8.62. The van der Waals surface area contributed by atoms with Crippen LogP contribution in [0, 0.1) is 0 Å². The molecule has 3 fully saturated rings. The summed E-state index contributed by atoms with van der Waals surface area (Å²) in [6.45, 7) is 4.19. The molecule has 3 aliphatic rings. The fraction of sp³-hybridized carbons (Fsp3) is 0.359. The van der Waals surface area contributed by atoms with Crippen LogP contribution in [0.3, 0.4) is 0 Å². The van der Waals surface area contributed by atoms with Crippen molar-refractivity contribution in [2.24, 2.45) is 0 Å². The number of ether oxygens (including phenoxy) is 3. The largest absolute Gasteiger partial charge is 0.445 e. The predicted molar refractivity (Wildman–Crippen MR) is 189 cm³/mol. The zero-order valence-electron chi connectivity index (χ0n) is 28.8. The van der Waals surface area contributed by atoms with E-state index in [0.717, 1.165) is 71.4 Å².